The van der Waals surface area contributed by atoms with Crippen molar-refractivity contribution in [3.63, 3.8) is 0 Å². The molecule has 0 spiro atoms. The smallest absolute Gasteiger partial charge is 0.216 e. The number of hydrogen-bond donors (Lipinski definition) is 0. The quantitative estimate of drug-likeness (QED) is 0.792. The van der Waals surface area contributed by atoms with Gasteiger partial charge in [0.2, 0.25) is 5.90 Å². The van der Waals surface area contributed by atoms with Crippen molar-refractivity contribution in [3.8, 4) is 5.75 Å². The fourth-order valence-corrected chi connectivity index (χ4v) is 1.99. The summed E-state index contributed by atoms with van der Waals surface area (Å²) in [6.07, 6.45) is 4.19. The van der Waals surface area contributed by atoms with Gasteiger partial charge in [-0.1, -0.05) is 5.16 Å². The molecule has 5 heteroatoms. The highest BCUT2D eigenvalue weighted by Crippen LogP contribution is 2.15. The number of hydrogen-bond acceptors (Lipinski definition) is 5. The zero-order valence-electron chi connectivity index (χ0n) is 11.8. The Labute approximate surface area is 122 Å². The second-order valence-corrected chi connectivity index (χ2v) is 4.69. The topological polar surface area (TPSA) is 56.9 Å². The second kappa shape index (κ2) is 6.26. The van der Waals surface area contributed by atoms with Gasteiger partial charge in [-0.15, -0.1) is 0 Å². The van der Waals surface area contributed by atoms with Gasteiger partial charge in [0.25, 0.3) is 0 Å². The maximum atomic E-state index is 5.53. The lowest BCUT2D eigenvalue weighted by Gasteiger charge is -2.03. The van der Waals surface area contributed by atoms with Crippen molar-refractivity contribution < 1.29 is 14.0 Å². The molecule has 2 aromatic rings. The number of nitrogens with zero attached hydrogens (tertiary/aromatic N) is 2. The Morgan fingerprint density at radius 3 is 2.81 bits per heavy atom. The Morgan fingerprint density at radius 2 is 2.14 bits per heavy atom. The van der Waals surface area contributed by atoms with Crippen LogP contribution in [0.5, 0.6) is 5.75 Å². The van der Waals surface area contributed by atoms with Crippen molar-refractivity contribution >= 4 is 5.90 Å². The number of benzene rings is 1. The Kier molecular flexibility index (Phi) is 4.00. The van der Waals surface area contributed by atoms with E-state index < -0.39 is 0 Å². The molecule has 0 N–H and O–H groups in total. The molecule has 0 unspecified atom stereocenters. The molecule has 3 rings (SSSR count). The van der Waals surface area contributed by atoms with Crippen molar-refractivity contribution in [1.29, 1.82) is 0 Å². The van der Waals surface area contributed by atoms with E-state index in [4.69, 9.17) is 14.0 Å². The number of ether oxygens (including phenoxy) is 2. The Hall–Kier alpha value is -2.56. The molecule has 0 aliphatic carbocycles. The number of aromatic nitrogens is 1. The van der Waals surface area contributed by atoms with Crippen LogP contribution in [0.2, 0.25) is 0 Å². The van der Waals surface area contributed by atoms with E-state index in [0.29, 0.717) is 18.9 Å². The first kappa shape index (κ1) is 13.4. The van der Waals surface area contributed by atoms with Gasteiger partial charge in [-0.3, -0.25) is 0 Å². The Bertz CT molecular complexity index is 656. The van der Waals surface area contributed by atoms with Crippen molar-refractivity contribution in [2.45, 2.75) is 13.3 Å². The van der Waals surface area contributed by atoms with Crippen LogP contribution in [0.4, 0.5) is 0 Å². The predicted octanol–water partition coefficient (Wildman–Crippen LogP) is 2.90. The highest BCUT2D eigenvalue weighted by Gasteiger charge is 2.09. The Morgan fingerprint density at radius 1 is 1.29 bits per heavy atom. The summed E-state index contributed by atoms with van der Waals surface area (Å²) in [6, 6.07) is 9.56. The van der Waals surface area contributed by atoms with Crippen LogP contribution in [0.3, 0.4) is 0 Å². The zero-order chi connectivity index (χ0) is 14.5. The van der Waals surface area contributed by atoms with E-state index in [2.05, 4.69) is 10.1 Å². The minimum Gasteiger partial charge on any atom is -0.476 e. The van der Waals surface area contributed by atoms with Crippen LogP contribution in [0, 0.1) is 6.92 Å². The summed E-state index contributed by atoms with van der Waals surface area (Å²) >= 11 is 0. The number of rotatable bonds is 5. The van der Waals surface area contributed by atoms with Crippen LogP contribution in [-0.2, 0) is 11.2 Å². The van der Waals surface area contributed by atoms with E-state index in [-0.39, 0.29) is 0 Å². The molecule has 5 nitrogen and oxygen atoms in total. The molecular formula is C16H16N2O3. The summed E-state index contributed by atoms with van der Waals surface area (Å²) in [5.41, 5.74) is 1.85. The van der Waals surface area contributed by atoms with Gasteiger partial charge < -0.3 is 14.0 Å². The summed E-state index contributed by atoms with van der Waals surface area (Å²) < 4.78 is 16.0. The molecule has 0 radical (unpaired) electrons. The van der Waals surface area contributed by atoms with Crippen molar-refractivity contribution in [2.75, 3.05) is 13.2 Å². The van der Waals surface area contributed by atoms with Crippen molar-refractivity contribution in [3.05, 3.63) is 59.7 Å². The van der Waals surface area contributed by atoms with Gasteiger partial charge in [0, 0.05) is 18.1 Å². The van der Waals surface area contributed by atoms with Gasteiger partial charge in [0.1, 0.15) is 18.1 Å². The van der Waals surface area contributed by atoms with E-state index >= 15 is 0 Å². The van der Waals surface area contributed by atoms with Gasteiger partial charge in [0.15, 0.2) is 0 Å². The summed E-state index contributed by atoms with van der Waals surface area (Å²) in [5.74, 6) is 2.29. The van der Waals surface area contributed by atoms with Gasteiger partial charge >= 0.3 is 0 Å². The summed E-state index contributed by atoms with van der Waals surface area (Å²) in [7, 11) is 0. The fourth-order valence-electron chi connectivity index (χ4n) is 1.99. The van der Waals surface area contributed by atoms with Gasteiger partial charge in [-0.2, -0.15) is 0 Å². The third-order valence-corrected chi connectivity index (χ3v) is 2.98. The highest BCUT2D eigenvalue weighted by molar-refractivity contribution is 5.94. The third kappa shape index (κ3) is 3.51. The van der Waals surface area contributed by atoms with Gasteiger partial charge in [0.05, 0.1) is 18.5 Å². The molecule has 2 heterocycles. The van der Waals surface area contributed by atoms with Gasteiger partial charge in [-0.05, 0) is 37.3 Å². The average molecular weight is 284 g/mol. The maximum absolute atomic E-state index is 5.53. The lowest BCUT2D eigenvalue weighted by molar-refractivity contribution is 0.348. The standard InChI is InChI=1S/C16H16N2O3/c1-12-11-15(21-18-12)3-2-9-19-14-6-4-13(5-7-14)16-17-8-10-20-16/h2,4-7,9,11H,3,8,10H2,1H3. The molecule has 108 valence electrons. The van der Waals surface area contributed by atoms with E-state index in [0.717, 1.165) is 29.3 Å². The van der Waals surface area contributed by atoms with E-state index in [1.807, 2.05) is 43.3 Å². The van der Waals surface area contributed by atoms with E-state index in [1.165, 1.54) is 0 Å². The van der Waals surface area contributed by atoms with Crippen molar-refractivity contribution in [2.24, 2.45) is 4.99 Å². The van der Waals surface area contributed by atoms with Crippen molar-refractivity contribution in [1.82, 2.24) is 5.16 Å². The first-order chi connectivity index (χ1) is 10.3. The normalized spacial score (nSPS) is 14.2. The largest absolute Gasteiger partial charge is 0.476 e. The Balaban J connectivity index is 1.53. The minimum atomic E-state index is 0.656. The molecule has 0 bridgehead atoms. The van der Waals surface area contributed by atoms with Crippen LogP contribution in [-0.4, -0.2) is 24.2 Å². The number of aliphatic imine (C=N–C) groups is 1. The van der Waals surface area contributed by atoms with E-state index in [1.54, 1.807) is 6.26 Å². The molecule has 0 saturated heterocycles. The molecule has 1 aliphatic rings. The summed E-state index contributed by atoms with van der Waals surface area (Å²) in [5, 5.41) is 3.83. The fraction of sp³-hybridized carbons (Fsp3) is 0.250. The first-order valence-electron chi connectivity index (χ1n) is 6.83. The van der Waals surface area contributed by atoms with Crippen LogP contribution in [0.25, 0.3) is 0 Å². The molecule has 0 atom stereocenters. The first-order valence-corrected chi connectivity index (χ1v) is 6.83. The lowest BCUT2D eigenvalue weighted by atomic mass is 10.2. The summed E-state index contributed by atoms with van der Waals surface area (Å²) in [4.78, 5) is 4.27. The van der Waals surface area contributed by atoms with Crippen LogP contribution < -0.4 is 4.74 Å². The molecule has 21 heavy (non-hydrogen) atoms. The molecule has 1 aliphatic heterocycles. The molecule has 0 fully saturated rings. The lowest BCUT2D eigenvalue weighted by Crippen LogP contribution is -2.00. The second-order valence-electron chi connectivity index (χ2n) is 4.69. The van der Waals surface area contributed by atoms with Crippen LogP contribution in [0.15, 0.2) is 52.2 Å². The van der Waals surface area contributed by atoms with E-state index in [9.17, 15) is 0 Å². The average Bonchev–Trinajstić information content (AvgIpc) is 3.16. The SMILES string of the molecule is Cc1cc(CC=COc2ccc(C3=NCCO3)cc2)on1. The monoisotopic (exact) mass is 284 g/mol. The minimum absolute atomic E-state index is 0.656. The van der Waals surface area contributed by atoms with Crippen LogP contribution in [0.1, 0.15) is 17.0 Å². The molecule has 1 aromatic carbocycles. The summed E-state index contributed by atoms with van der Waals surface area (Å²) in [6.45, 7) is 3.29. The predicted molar refractivity (Wildman–Crippen MR) is 78.5 cm³/mol. The highest BCUT2D eigenvalue weighted by atomic mass is 16.5. The molecule has 1 aromatic heterocycles. The maximum Gasteiger partial charge on any atom is 0.216 e. The third-order valence-electron chi connectivity index (χ3n) is 2.98. The molecule has 0 saturated carbocycles. The zero-order valence-corrected chi connectivity index (χ0v) is 11.8. The van der Waals surface area contributed by atoms with Crippen LogP contribution >= 0.6 is 0 Å². The number of aryl methyl sites for hydroxylation is 1. The number of allylic oxidation sites excluding steroid dienone is 1. The van der Waals surface area contributed by atoms with Gasteiger partial charge in [-0.25, -0.2) is 4.99 Å². The molecular weight excluding hydrogens is 268 g/mol. The molecule has 0 amide bonds.